The monoisotopic (exact) mass is 374 g/mol. The van der Waals surface area contributed by atoms with Gasteiger partial charge in [-0.1, -0.05) is 54.8 Å². The summed E-state index contributed by atoms with van der Waals surface area (Å²) >= 11 is 5.77. The van der Waals surface area contributed by atoms with Gasteiger partial charge in [0, 0.05) is 13.7 Å². The van der Waals surface area contributed by atoms with E-state index in [0.29, 0.717) is 5.92 Å². The van der Waals surface area contributed by atoms with Crippen LogP contribution in [0.5, 0.6) is 0 Å². The number of hydrogen-bond acceptors (Lipinski definition) is 1. The molecular weight excluding hydrogens is 347 g/mol. The summed E-state index contributed by atoms with van der Waals surface area (Å²) in [6.45, 7) is 0.888. The number of ether oxygens (including phenoxy) is 1. The van der Waals surface area contributed by atoms with E-state index in [0.717, 1.165) is 23.7 Å². The molecule has 2 aromatic rings. The molecule has 0 heterocycles. The summed E-state index contributed by atoms with van der Waals surface area (Å²) in [5.74, 6) is 1.19. The normalized spacial score (nSPS) is 20.3. The minimum atomic E-state index is -0.364. The minimum Gasteiger partial charge on any atom is -0.385 e. The number of rotatable bonds is 7. The van der Waals surface area contributed by atoms with E-state index in [1.54, 1.807) is 13.2 Å². The second-order valence-corrected chi connectivity index (χ2v) is 7.86. The van der Waals surface area contributed by atoms with Gasteiger partial charge in [0.15, 0.2) is 0 Å². The fraction of sp³-hybridized carbons (Fsp3) is 0.478. The highest BCUT2D eigenvalue weighted by molar-refractivity contribution is 6.30. The first kappa shape index (κ1) is 19.4. The van der Waals surface area contributed by atoms with Crippen molar-refractivity contribution in [1.82, 2.24) is 0 Å². The molecule has 0 unspecified atom stereocenters. The Labute approximate surface area is 161 Å². The van der Waals surface area contributed by atoms with Gasteiger partial charge in [-0.3, -0.25) is 0 Å². The number of methoxy groups -OCH3 is 1. The average molecular weight is 375 g/mol. The molecule has 0 aromatic heterocycles. The Balaban J connectivity index is 1.54. The number of benzene rings is 2. The molecular formula is C23H28ClFO. The molecule has 0 N–H and O–H groups in total. The summed E-state index contributed by atoms with van der Waals surface area (Å²) in [5.41, 5.74) is 3.33. The van der Waals surface area contributed by atoms with Crippen LogP contribution in [0.2, 0.25) is 5.02 Å². The lowest BCUT2D eigenvalue weighted by Gasteiger charge is -2.29. The lowest BCUT2D eigenvalue weighted by molar-refractivity contribution is 0.187. The average Bonchev–Trinajstić information content (AvgIpc) is 2.68. The Morgan fingerprint density at radius 3 is 2.31 bits per heavy atom. The third-order valence-electron chi connectivity index (χ3n) is 5.69. The van der Waals surface area contributed by atoms with Crippen LogP contribution in [0.4, 0.5) is 4.39 Å². The summed E-state index contributed by atoms with van der Waals surface area (Å²) in [5, 5.41) is 0.171. The van der Waals surface area contributed by atoms with Crippen molar-refractivity contribution < 1.29 is 9.13 Å². The molecule has 1 nitrogen and oxygen atoms in total. The Bertz CT molecular complexity index is 690. The van der Waals surface area contributed by atoms with E-state index in [1.807, 2.05) is 6.07 Å². The Morgan fingerprint density at radius 2 is 1.65 bits per heavy atom. The van der Waals surface area contributed by atoms with E-state index >= 15 is 0 Å². The van der Waals surface area contributed by atoms with Crippen molar-refractivity contribution >= 4 is 11.6 Å². The van der Waals surface area contributed by atoms with Gasteiger partial charge in [-0.15, -0.1) is 0 Å². The standard InChI is InChI=1S/C23H28ClFO/c1-26-15-3-2-4-17-5-7-18(8-6-17)19-9-11-20(12-10-19)21-13-14-22(24)23(25)16-21/h9-14,16-18H,2-8,15H2,1H3/t17-,18-. The van der Waals surface area contributed by atoms with Crippen molar-refractivity contribution in [3.8, 4) is 11.1 Å². The van der Waals surface area contributed by atoms with Crippen LogP contribution in [-0.2, 0) is 4.74 Å². The highest BCUT2D eigenvalue weighted by atomic mass is 35.5. The molecule has 0 atom stereocenters. The Kier molecular flexibility index (Phi) is 7.10. The molecule has 2 aromatic carbocycles. The predicted molar refractivity (Wildman–Crippen MR) is 107 cm³/mol. The summed E-state index contributed by atoms with van der Waals surface area (Å²) in [6.07, 6.45) is 9.05. The van der Waals surface area contributed by atoms with Gasteiger partial charge >= 0.3 is 0 Å². The number of hydrogen-bond donors (Lipinski definition) is 0. The molecule has 0 radical (unpaired) electrons. The van der Waals surface area contributed by atoms with Gasteiger partial charge in [0.1, 0.15) is 5.82 Å². The molecule has 3 rings (SSSR count). The van der Waals surface area contributed by atoms with Gasteiger partial charge in [0.2, 0.25) is 0 Å². The fourth-order valence-corrected chi connectivity index (χ4v) is 4.20. The maximum atomic E-state index is 13.7. The summed E-state index contributed by atoms with van der Waals surface area (Å²) in [7, 11) is 1.78. The van der Waals surface area contributed by atoms with Crippen molar-refractivity contribution in [3.63, 3.8) is 0 Å². The lowest BCUT2D eigenvalue weighted by Crippen LogP contribution is -2.13. The quantitative estimate of drug-likeness (QED) is 0.464. The summed E-state index contributed by atoms with van der Waals surface area (Å²) in [4.78, 5) is 0. The van der Waals surface area contributed by atoms with E-state index in [4.69, 9.17) is 16.3 Å². The van der Waals surface area contributed by atoms with Crippen LogP contribution in [0.1, 0.15) is 56.4 Å². The first-order chi connectivity index (χ1) is 12.7. The lowest BCUT2D eigenvalue weighted by atomic mass is 9.77. The molecule has 26 heavy (non-hydrogen) atoms. The highest BCUT2D eigenvalue weighted by Crippen LogP contribution is 2.38. The second kappa shape index (κ2) is 9.53. The zero-order valence-corrected chi connectivity index (χ0v) is 16.3. The molecule has 1 saturated carbocycles. The molecule has 0 bridgehead atoms. The largest absolute Gasteiger partial charge is 0.385 e. The molecule has 1 fully saturated rings. The van der Waals surface area contributed by atoms with Crippen LogP contribution >= 0.6 is 11.6 Å². The van der Waals surface area contributed by atoms with E-state index in [9.17, 15) is 4.39 Å². The smallest absolute Gasteiger partial charge is 0.142 e. The highest BCUT2D eigenvalue weighted by Gasteiger charge is 2.22. The van der Waals surface area contributed by atoms with Crippen LogP contribution in [0, 0.1) is 11.7 Å². The van der Waals surface area contributed by atoms with E-state index < -0.39 is 0 Å². The minimum absolute atomic E-state index is 0.171. The van der Waals surface area contributed by atoms with Crippen molar-refractivity contribution in [2.45, 2.75) is 50.9 Å². The number of halogens is 2. The van der Waals surface area contributed by atoms with Crippen molar-refractivity contribution in [2.24, 2.45) is 5.92 Å². The zero-order chi connectivity index (χ0) is 18.4. The first-order valence-corrected chi connectivity index (χ1v) is 10.1. The van der Waals surface area contributed by atoms with Crippen molar-refractivity contribution in [2.75, 3.05) is 13.7 Å². The van der Waals surface area contributed by atoms with Crippen LogP contribution < -0.4 is 0 Å². The molecule has 0 spiro atoms. The number of unbranched alkanes of at least 4 members (excludes halogenated alkanes) is 1. The van der Waals surface area contributed by atoms with Gasteiger partial charge in [0.25, 0.3) is 0 Å². The molecule has 1 aliphatic rings. The fourth-order valence-electron chi connectivity index (χ4n) is 4.09. The summed E-state index contributed by atoms with van der Waals surface area (Å²) < 4.78 is 18.8. The third kappa shape index (κ3) is 5.08. The Hall–Kier alpha value is -1.38. The molecule has 1 aliphatic carbocycles. The zero-order valence-electron chi connectivity index (χ0n) is 15.5. The molecule has 0 saturated heterocycles. The van der Waals surface area contributed by atoms with Crippen LogP contribution in [0.25, 0.3) is 11.1 Å². The van der Waals surface area contributed by atoms with E-state index in [-0.39, 0.29) is 10.8 Å². The molecule has 0 aliphatic heterocycles. The molecule has 3 heteroatoms. The topological polar surface area (TPSA) is 9.23 Å². The molecule has 0 amide bonds. The predicted octanol–water partition coefficient (Wildman–Crippen LogP) is 7.24. The Morgan fingerprint density at radius 1 is 0.962 bits per heavy atom. The molecule has 140 valence electrons. The maximum absolute atomic E-state index is 13.7. The van der Waals surface area contributed by atoms with Crippen LogP contribution in [0.3, 0.4) is 0 Å². The SMILES string of the molecule is COCCCC[C@H]1CC[C@H](c2ccc(-c3ccc(Cl)c(F)c3)cc2)CC1. The van der Waals surface area contributed by atoms with Crippen molar-refractivity contribution in [1.29, 1.82) is 0 Å². The van der Waals surface area contributed by atoms with Gasteiger partial charge in [-0.25, -0.2) is 4.39 Å². The van der Waals surface area contributed by atoms with Crippen LogP contribution in [0.15, 0.2) is 42.5 Å². The van der Waals surface area contributed by atoms with Crippen LogP contribution in [-0.4, -0.2) is 13.7 Å². The summed E-state index contributed by atoms with van der Waals surface area (Å²) in [6, 6.07) is 13.6. The van der Waals surface area contributed by atoms with Gasteiger partial charge in [-0.05, 0) is 72.8 Å². The second-order valence-electron chi connectivity index (χ2n) is 7.46. The van der Waals surface area contributed by atoms with Gasteiger partial charge < -0.3 is 4.74 Å². The van der Waals surface area contributed by atoms with Gasteiger partial charge in [0.05, 0.1) is 5.02 Å². The van der Waals surface area contributed by atoms with E-state index in [2.05, 4.69) is 24.3 Å². The first-order valence-electron chi connectivity index (χ1n) is 9.71. The van der Waals surface area contributed by atoms with Gasteiger partial charge in [-0.2, -0.15) is 0 Å². The van der Waals surface area contributed by atoms with Crippen molar-refractivity contribution in [3.05, 3.63) is 58.9 Å². The third-order valence-corrected chi connectivity index (χ3v) is 6.00. The maximum Gasteiger partial charge on any atom is 0.142 e. The van der Waals surface area contributed by atoms with E-state index in [1.165, 1.54) is 56.6 Å².